The van der Waals surface area contributed by atoms with Crippen molar-refractivity contribution in [3.8, 4) is 5.75 Å². The summed E-state index contributed by atoms with van der Waals surface area (Å²) in [5.74, 6) is 0.0792. The van der Waals surface area contributed by atoms with Crippen LogP contribution in [0.25, 0.3) is 0 Å². The molecule has 0 aliphatic heterocycles. The molecule has 1 rings (SSSR count). The Kier molecular flexibility index (Phi) is 3.93. The topological polar surface area (TPSA) is 49.3 Å². The molecule has 0 aliphatic rings. The van der Waals surface area contributed by atoms with Crippen molar-refractivity contribution in [2.45, 2.75) is 27.2 Å². The van der Waals surface area contributed by atoms with E-state index in [-0.39, 0.29) is 17.1 Å². The smallest absolute Gasteiger partial charge is 0.251 e. The van der Waals surface area contributed by atoms with E-state index in [1.54, 1.807) is 12.1 Å². The second kappa shape index (κ2) is 5.01. The van der Waals surface area contributed by atoms with E-state index in [1.807, 2.05) is 0 Å². The molecule has 0 heterocycles. The largest absolute Gasteiger partial charge is 0.508 e. The van der Waals surface area contributed by atoms with Gasteiger partial charge in [-0.1, -0.05) is 20.8 Å². The van der Waals surface area contributed by atoms with Gasteiger partial charge in [-0.3, -0.25) is 4.79 Å². The minimum absolute atomic E-state index is 0.0933. The first-order chi connectivity index (χ1) is 7.38. The van der Waals surface area contributed by atoms with Crippen molar-refractivity contribution >= 4 is 5.91 Å². The van der Waals surface area contributed by atoms with E-state index in [0.717, 1.165) is 6.42 Å². The predicted molar refractivity (Wildman–Crippen MR) is 64.5 cm³/mol. The van der Waals surface area contributed by atoms with Crippen molar-refractivity contribution in [1.82, 2.24) is 5.32 Å². The molecule has 3 nitrogen and oxygen atoms in total. The van der Waals surface area contributed by atoms with E-state index in [0.29, 0.717) is 12.1 Å². The lowest BCUT2D eigenvalue weighted by atomic mass is 9.92. The van der Waals surface area contributed by atoms with Crippen LogP contribution in [0.15, 0.2) is 24.3 Å². The van der Waals surface area contributed by atoms with Crippen molar-refractivity contribution in [2.24, 2.45) is 5.41 Å². The SMILES string of the molecule is CC(C)(C)CCNC(=O)c1ccc(O)cc1. The Balaban J connectivity index is 2.44. The van der Waals surface area contributed by atoms with Crippen LogP contribution < -0.4 is 5.32 Å². The molecule has 88 valence electrons. The first-order valence-electron chi connectivity index (χ1n) is 5.46. The number of amides is 1. The van der Waals surface area contributed by atoms with Crippen LogP contribution in [0, 0.1) is 5.41 Å². The summed E-state index contributed by atoms with van der Waals surface area (Å²) in [7, 11) is 0. The van der Waals surface area contributed by atoms with E-state index in [4.69, 9.17) is 5.11 Å². The van der Waals surface area contributed by atoms with Gasteiger partial charge in [0.2, 0.25) is 0 Å². The molecule has 0 radical (unpaired) electrons. The zero-order chi connectivity index (χ0) is 12.2. The van der Waals surface area contributed by atoms with E-state index in [9.17, 15) is 4.79 Å². The summed E-state index contributed by atoms with van der Waals surface area (Å²) in [6.07, 6.45) is 0.941. The van der Waals surface area contributed by atoms with Crippen LogP contribution >= 0.6 is 0 Å². The molecule has 0 unspecified atom stereocenters. The number of carbonyl (C=O) groups excluding carboxylic acids is 1. The molecule has 0 fully saturated rings. The van der Waals surface area contributed by atoms with Crippen LogP contribution in [0.3, 0.4) is 0 Å². The summed E-state index contributed by atoms with van der Waals surface area (Å²) in [5, 5.41) is 11.9. The maximum Gasteiger partial charge on any atom is 0.251 e. The molecule has 2 N–H and O–H groups in total. The fourth-order valence-corrected chi connectivity index (χ4v) is 1.27. The zero-order valence-electron chi connectivity index (χ0n) is 10.1. The Hall–Kier alpha value is -1.51. The highest BCUT2D eigenvalue weighted by Crippen LogP contribution is 2.17. The van der Waals surface area contributed by atoms with Crippen molar-refractivity contribution in [1.29, 1.82) is 0 Å². The maximum atomic E-state index is 11.6. The molecule has 0 aliphatic carbocycles. The summed E-state index contributed by atoms with van der Waals surface area (Å²) >= 11 is 0. The molecule has 0 saturated heterocycles. The van der Waals surface area contributed by atoms with Gasteiger partial charge in [-0.05, 0) is 36.1 Å². The zero-order valence-corrected chi connectivity index (χ0v) is 10.1. The number of phenols is 1. The van der Waals surface area contributed by atoms with Crippen molar-refractivity contribution < 1.29 is 9.90 Å². The number of benzene rings is 1. The van der Waals surface area contributed by atoms with Gasteiger partial charge in [-0.25, -0.2) is 0 Å². The summed E-state index contributed by atoms with van der Waals surface area (Å²) < 4.78 is 0. The lowest BCUT2D eigenvalue weighted by Crippen LogP contribution is -2.27. The molecular formula is C13H19NO2. The number of carbonyl (C=O) groups is 1. The lowest BCUT2D eigenvalue weighted by molar-refractivity contribution is 0.0949. The third kappa shape index (κ3) is 4.34. The fourth-order valence-electron chi connectivity index (χ4n) is 1.27. The minimum atomic E-state index is -0.0933. The number of hydrogen-bond donors (Lipinski definition) is 2. The number of rotatable bonds is 3. The third-order valence-corrected chi connectivity index (χ3v) is 2.29. The standard InChI is InChI=1S/C13H19NO2/c1-13(2,3)8-9-14-12(16)10-4-6-11(15)7-5-10/h4-7,15H,8-9H2,1-3H3,(H,14,16). The number of hydrogen-bond acceptors (Lipinski definition) is 2. The number of aromatic hydroxyl groups is 1. The van der Waals surface area contributed by atoms with Gasteiger partial charge < -0.3 is 10.4 Å². The Bertz CT molecular complexity index is 349. The highest BCUT2D eigenvalue weighted by atomic mass is 16.3. The van der Waals surface area contributed by atoms with Crippen molar-refractivity contribution in [2.75, 3.05) is 6.54 Å². The lowest BCUT2D eigenvalue weighted by Gasteiger charge is -2.17. The summed E-state index contributed by atoms with van der Waals surface area (Å²) in [5.41, 5.74) is 0.800. The molecular weight excluding hydrogens is 202 g/mol. The fraction of sp³-hybridized carbons (Fsp3) is 0.462. The van der Waals surface area contributed by atoms with E-state index in [1.165, 1.54) is 12.1 Å². The second-order valence-corrected chi connectivity index (χ2v) is 5.11. The van der Waals surface area contributed by atoms with Gasteiger partial charge >= 0.3 is 0 Å². The Morgan fingerprint density at radius 2 is 1.81 bits per heavy atom. The van der Waals surface area contributed by atoms with E-state index >= 15 is 0 Å². The van der Waals surface area contributed by atoms with Gasteiger partial charge in [0, 0.05) is 12.1 Å². The summed E-state index contributed by atoms with van der Waals surface area (Å²) in [6, 6.07) is 6.25. The third-order valence-electron chi connectivity index (χ3n) is 2.29. The Morgan fingerprint density at radius 1 is 1.25 bits per heavy atom. The molecule has 1 aromatic rings. The monoisotopic (exact) mass is 221 g/mol. The quantitative estimate of drug-likeness (QED) is 0.824. The van der Waals surface area contributed by atoms with Gasteiger partial charge in [-0.15, -0.1) is 0 Å². The van der Waals surface area contributed by atoms with Crippen molar-refractivity contribution in [3.05, 3.63) is 29.8 Å². The van der Waals surface area contributed by atoms with Gasteiger partial charge in [0.15, 0.2) is 0 Å². The molecule has 16 heavy (non-hydrogen) atoms. The number of nitrogens with one attached hydrogen (secondary N) is 1. The van der Waals surface area contributed by atoms with Gasteiger partial charge in [0.05, 0.1) is 0 Å². The summed E-state index contributed by atoms with van der Waals surface area (Å²) in [4.78, 5) is 11.6. The van der Waals surface area contributed by atoms with Crippen LogP contribution in [-0.2, 0) is 0 Å². The Morgan fingerprint density at radius 3 is 2.31 bits per heavy atom. The van der Waals surface area contributed by atoms with Gasteiger partial charge in [0.1, 0.15) is 5.75 Å². The molecule has 0 spiro atoms. The number of phenolic OH excluding ortho intramolecular Hbond substituents is 1. The van der Waals surface area contributed by atoms with Crippen LogP contribution in [-0.4, -0.2) is 17.6 Å². The molecule has 0 bridgehead atoms. The van der Waals surface area contributed by atoms with E-state index < -0.39 is 0 Å². The first kappa shape index (κ1) is 12.6. The molecule has 1 amide bonds. The molecule has 0 aromatic heterocycles. The Labute approximate surface area is 96.5 Å². The van der Waals surface area contributed by atoms with Crippen LogP contribution in [0.1, 0.15) is 37.6 Å². The van der Waals surface area contributed by atoms with Crippen LogP contribution in [0.2, 0.25) is 0 Å². The highest BCUT2D eigenvalue weighted by Gasteiger charge is 2.11. The van der Waals surface area contributed by atoms with Crippen LogP contribution in [0.5, 0.6) is 5.75 Å². The van der Waals surface area contributed by atoms with Gasteiger partial charge in [-0.2, -0.15) is 0 Å². The first-order valence-corrected chi connectivity index (χ1v) is 5.46. The normalized spacial score (nSPS) is 11.2. The van der Waals surface area contributed by atoms with Crippen molar-refractivity contribution in [3.63, 3.8) is 0 Å². The predicted octanol–water partition coefficient (Wildman–Crippen LogP) is 2.56. The molecule has 1 aromatic carbocycles. The van der Waals surface area contributed by atoms with Crippen LogP contribution in [0.4, 0.5) is 0 Å². The average Bonchev–Trinajstić information content (AvgIpc) is 2.16. The van der Waals surface area contributed by atoms with Gasteiger partial charge in [0.25, 0.3) is 5.91 Å². The minimum Gasteiger partial charge on any atom is -0.508 e. The second-order valence-electron chi connectivity index (χ2n) is 5.11. The summed E-state index contributed by atoms with van der Waals surface area (Å²) in [6.45, 7) is 7.09. The average molecular weight is 221 g/mol. The molecule has 0 atom stereocenters. The van der Waals surface area contributed by atoms with E-state index in [2.05, 4.69) is 26.1 Å². The maximum absolute atomic E-state index is 11.6. The molecule has 3 heteroatoms. The molecule has 0 saturated carbocycles. The highest BCUT2D eigenvalue weighted by molar-refractivity contribution is 5.94.